The number of fused-ring (bicyclic) bond motifs is 1. The number of hydrogen-bond acceptors (Lipinski definition) is 5. The molecule has 0 aliphatic carbocycles. The Hall–Kier alpha value is -2.55. The number of nitrogens with one attached hydrogen (secondary N) is 2. The smallest absolute Gasteiger partial charge is 0.282 e. The molecule has 1 amide bonds. The van der Waals surface area contributed by atoms with E-state index < -0.39 is 10.8 Å². The standard InChI is InChI=1S/C16H13ClN4O3S/c17-12-4-2-1-3-10(12)14-11-7-9(25-8-21(23)24)5-6-13(11)19-15(14)16(22)20-18/h1-7,19H,8,18H2,(H,20,22). The summed E-state index contributed by atoms with van der Waals surface area (Å²) in [5.41, 5.74) is 4.38. The van der Waals surface area contributed by atoms with Crippen LogP contribution in [0.3, 0.4) is 0 Å². The number of H-pyrrole nitrogens is 1. The Morgan fingerprint density at radius 1 is 1.32 bits per heavy atom. The van der Waals surface area contributed by atoms with Crippen molar-refractivity contribution in [2.75, 3.05) is 5.88 Å². The molecule has 0 saturated heterocycles. The summed E-state index contributed by atoms with van der Waals surface area (Å²) in [5.74, 6) is 4.57. The zero-order valence-electron chi connectivity index (χ0n) is 12.8. The number of halogens is 1. The number of carbonyl (C=O) groups is 1. The van der Waals surface area contributed by atoms with Gasteiger partial charge in [0.1, 0.15) is 5.69 Å². The fourth-order valence-corrected chi connectivity index (χ4v) is 3.42. The average molecular weight is 377 g/mol. The van der Waals surface area contributed by atoms with Crippen LogP contribution in [0.5, 0.6) is 0 Å². The summed E-state index contributed by atoms with van der Waals surface area (Å²) in [5, 5.41) is 11.8. The number of carbonyl (C=O) groups excluding carboxylic acids is 1. The van der Waals surface area contributed by atoms with E-state index >= 15 is 0 Å². The third-order valence-corrected chi connectivity index (χ3v) is 4.86. The first-order valence-electron chi connectivity index (χ1n) is 7.17. The van der Waals surface area contributed by atoms with Gasteiger partial charge >= 0.3 is 0 Å². The SMILES string of the molecule is NNC(=O)c1[nH]c2ccc(SC[N+](=O)[O-])cc2c1-c1ccccc1Cl. The van der Waals surface area contributed by atoms with Gasteiger partial charge in [0, 0.05) is 36.9 Å². The van der Waals surface area contributed by atoms with Gasteiger partial charge < -0.3 is 4.98 Å². The second-order valence-electron chi connectivity index (χ2n) is 5.14. The van der Waals surface area contributed by atoms with Gasteiger partial charge in [0.2, 0.25) is 0 Å². The number of benzene rings is 2. The van der Waals surface area contributed by atoms with Crippen LogP contribution in [0.1, 0.15) is 10.5 Å². The highest BCUT2D eigenvalue weighted by Crippen LogP contribution is 2.38. The number of rotatable bonds is 5. The number of nitrogens with zero attached hydrogens (tertiary/aromatic N) is 1. The quantitative estimate of drug-likeness (QED) is 0.158. The number of hydrazine groups is 1. The topological polar surface area (TPSA) is 114 Å². The minimum Gasteiger partial charge on any atom is -0.350 e. The number of thioether (sulfide) groups is 1. The molecule has 128 valence electrons. The molecule has 0 aliphatic rings. The first-order chi connectivity index (χ1) is 12.0. The minimum atomic E-state index is -0.481. The largest absolute Gasteiger partial charge is 0.350 e. The minimum absolute atomic E-state index is 0.243. The van der Waals surface area contributed by atoms with Crippen molar-refractivity contribution in [3.05, 3.63) is 63.3 Å². The van der Waals surface area contributed by atoms with Crippen LogP contribution in [0.15, 0.2) is 47.4 Å². The second kappa shape index (κ2) is 7.14. The van der Waals surface area contributed by atoms with E-state index in [9.17, 15) is 14.9 Å². The number of amides is 1. The summed E-state index contributed by atoms with van der Waals surface area (Å²) in [6.07, 6.45) is 0. The fourth-order valence-electron chi connectivity index (χ4n) is 2.57. The molecule has 3 rings (SSSR count). The predicted octanol–water partition coefficient (Wildman–Crippen LogP) is 3.42. The molecule has 0 atom stereocenters. The van der Waals surface area contributed by atoms with Crippen LogP contribution in [0.2, 0.25) is 5.02 Å². The van der Waals surface area contributed by atoms with Crippen LogP contribution in [-0.2, 0) is 0 Å². The van der Waals surface area contributed by atoms with Crippen LogP contribution in [0.25, 0.3) is 22.0 Å². The molecule has 0 aliphatic heterocycles. The van der Waals surface area contributed by atoms with Gasteiger partial charge in [-0.3, -0.25) is 20.3 Å². The Balaban J connectivity index is 2.22. The summed E-state index contributed by atoms with van der Waals surface area (Å²) >= 11 is 7.41. The van der Waals surface area contributed by atoms with Gasteiger partial charge in [-0.25, -0.2) is 5.84 Å². The number of nitro groups is 1. The maximum absolute atomic E-state index is 12.2. The average Bonchev–Trinajstić information content (AvgIpc) is 2.98. The van der Waals surface area contributed by atoms with E-state index in [1.54, 1.807) is 36.4 Å². The van der Waals surface area contributed by atoms with Gasteiger partial charge in [-0.2, -0.15) is 0 Å². The molecule has 0 unspecified atom stereocenters. The molecular weight excluding hydrogens is 364 g/mol. The molecule has 9 heteroatoms. The third-order valence-electron chi connectivity index (χ3n) is 3.61. The van der Waals surface area contributed by atoms with Crippen molar-refractivity contribution in [1.29, 1.82) is 0 Å². The van der Waals surface area contributed by atoms with Crippen LogP contribution < -0.4 is 11.3 Å². The fraction of sp³-hybridized carbons (Fsp3) is 0.0625. The van der Waals surface area contributed by atoms with Crippen molar-refractivity contribution in [2.24, 2.45) is 5.84 Å². The lowest BCUT2D eigenvalue weighted by Gasteiger charge is -2.07. The van der Waals surface area contributed by atoms with E-state index in [-0.39, 0.29) is 11.6 Å². The molecule has 25 heavy (non-hydrogen) atoms. The van der Waals surface area contributed by atoms with E-state index in [0.717, 1.165) is 22.0 Å². The highest BCUT2D eigenvalue weighted by atomic mass is 35.5. The monoisotopic (exact) mass is 376 g/mol. The van der Waals surface area contributed by atoms with E-state index in [4.69, 9.17) is 17.4 Å². The molecule has 0 bridgehead atoms. The van der Waals surface area contributed by atoms with Crippen molar-refractivity contribution in [3.8, 4) is 11.1 Å². The maximum Gasteiger partial charge on any atom is 0.282 e. The van der Waals surface area contributed by atoms with Crippen molar-refractivity contribution in [1.82, 2.24) is 10.4 Å². The van der Waals surface area contributed by atoms with E-state index in [1.165, 1.54) is 0 Å². The number of nitrogens with two attached hydrogens (primary N) is 1. The Bertz CT molecular complexity index is 973. The molecular formula is C16H13ClN4O3S. The van der Waals surface area contributed by atoms with Gasteiger partial charge in [0.05, 0.1) is 0 Å². The van der Waals surface area contributed by atoms with Gasteiger partial charge in [0.15, 0.2) is 0 Å². The predicted molar refractivity (Wildman–Crippen MR) is 98.1 cm³/mol. The summed E-state index contributed by atoms with van der Waals surface area (Å²) in [4.78, 5) is 26.1. The first-order valence-corrected chi connectivity index (χ1v) is 8.53. The van der Waals surface area contributed by atoms with Gasteiger partial charge in [0.25, 0.3) is 11.8 Å². The lowest BCUT2D eigenvalue weighted by Crippen LogP contribution is -2.30. The van der Waals surface area contributed by atoms with E-state index in [0.29, 0.717) is 21.7 Å². The zero-order valence-corrected chi connectivity index (χ0v) is 14.4. The summed E-state index contributed by atoms with van der Waals surface area (Å²) in [6.45, 7) is 0. The lowest BCUT2D eigenvalue weighted by molar-refractivity contribution is -0.456. The highest BCUT2D eigenvalue weighted by molar-refractivity contribution is 7.99. The Morgan fingerprint density at radius 3 is 2.76 bits per heavy atom. The molecule has 0 radical (unpaired) electrons. The molecule has 7 nitrogen and oxygen atoms in total. The molecule has 4 N–H and O–H groups in total. The van der Waals surface area contributed by atoms with E-state index in [2.05, 4.69) is 10.4 Å². The van der Waals surface area contributed by atoms with Crippen LogP contribution >= 0.6 is 23.4 Å². The zero-order chi connectivity index (χ0) is 18.0. The Labute approximate surface area is 151 Å². The maximum atomic E-state index is 12.2. The third kappa shape index (κ3) is 3.46. The normalized spacial score (nSPS) is 10.8. The van der Waals surface area contributed by atoms with Crippen LogP contribution in [0.4, 0.5) is 0 Å². The molecule has 0 spiro atoms. The lowest BCUT2D eigenvalue weighted by atomic mass is 10.0. The number of aromatic amines is 1. The summed E-state index contributed by atoms with van der Waals surface area (Å²) in [6, 6.07) is 12.5. The van der Waals surface area contributed by atoms with Gasteiger partial charge in [-0.15, -0.1) is 0 Å². The van der Waals surface area contributed by atoms with Crippen molar-refractivity contribution in [3.63, 3.8) is 0 Å². The second-order valence-corrected chi connectivity index (χ2v) is 6.57. The summed E-state index contributed by atoms with van der Waals surface area (Å²) < 4.78 is 0. The molecule has 1 aromatic heterocycles. The summed E-state index contributed by atoms with van der Waals surface area (Å²) in [7, 11) is 0. The van der Waals surface area contributed by atoms with E-state index in [1.807, 2.05) is 6.07 Å². The molecule has 3 aromatic rings. The molecule has 0 saturated carbocycles. The number of aromatic nitrogens is 1. The molecule has 0 fully saturated rings. The Morgan fingerprint density at radius 2 is 2.08 bits per heavy atom. The van der Waals surface area contributed by atoms with Crippen LogP contribution in [0, 0.1) is 10.1 Å². The first kappa shape index (κ1) is 17.3. The highest BCUT2D eigenvalue weighted by Gasteiger charge is 2.20. The Kier molecular flexibility index (Phi) is 4.93. The number of nitrogen functional groups attached to an aromatic ring is 1. The van der Waals surface area contributed by atoms with Crippen molar-refractivity contribution < 1.29 is 9.72 Å². The van der Waals surface area contributed by atoms with Gasteiger partial charge in [-0.1, -0.05) is 29.8 Å². The van der Waals surface area contributed by atoms with Crippen molar-refractivity contribution >= 4 is 40.2 Å². The molecule has 2 aromatic carbocycles. The van der Waals surface area contributed by atoms with Crippen LogP contribution in [-0.4, -0.2) is 21.7 Å². The number of hydrogen-bond donors (Lipinski definition) is 3. The van der Waals surface area contributed by atoms with Gasteiger partial charge in [-0.05, 0) is 36.0 Å². The van der Waals surface area contributed by atoms with Crippen molar-refractivity contribution in [2.45, 2.75) is 4.90 Å². The molecule has 1 heterocycles.